The van der Waals surface area contributed by atoms with E-state index in [1.165, 1.54) is 46.5 Å². The lowest BCUT2D eigenvalue weighted by Crippen LogP contribution is -2.30. The summed E-state index contributed by atoms with van der Waals surface area (Å²) in [5, 5.41) is 0. The van der Waals surface area contributed by atoms with Crippen molar-refractivity contribution in [3.05, 3.63) is 192 Å². The van der Waals surface area contributed by atoms with Gasteiger partial charge in [0, 0.05) is 22.2 Å². The van der Waals surface area contributed by atoms with Gasteiger partial charge in [-0.25, -0.2) is 16.8 Å². The highest BCUT2D eigenvalue weighted by atomic mass is 32.2. The Labute approximate surface area is 329 Å². The monoisotopic (exact) mass is 772 g/mol. The van der Waals surface area contributed by atoms with Gasteiger partial charge in [0.1, 0.15) is 0 Å². The fraction of sp³-hybridized carbons (Fsp3) is 0.125. The summed E-state index contributed by atoms with van der Waals surface area (Å²) >= 11 is 0. The van der Waals surface area contributed by atoms with Crippen LogP contribution in [0.25, 0.3) is 0 Å². The minimum absolute atomic E-state index is 0.0735. The number of rotatable bonds is 6. The molecule has 0 aromatic heterocycles. The van der Waals surface area contributed by atoms with Crippen LogP contribution in [-0.2, 0) is 30.5 Å². The van der Waals surface area contributed by atoms with Gasteiger partial charge in [-0.05, 0) is 113 Å². The molecule has 6 nitrogen and oxygen atoms in total. The SMILES string of the molecule is CC1(C)c2ccccc2N(c2ccc(S(=O)(=O)c3cccc(S(=O)(=O)c4ccc(N5c6ccccc6C(C)(C)c6ccccc65)cc4)c3)cc2)c2ccccc21. The first kappa shape index (κ1) is 35.7. The predicted molar refractivity (Wildman–Crippen MR) is 224 cm³/mol. The van der Waals surface area contributed by atoms with Crippen molar-refractivity contribution in [2.75, 3.05) is 9.80 Å². The van der Waals surface area contributed by atoms with Gasteiger partial charge in [-0.2, -0.15) is 0 Å². The summed E-state index contributed by atoms with van der Waals surface area (Å²) in [5.74, 6) is 0. The number of nitrogens with zero attached hydrogens (tertiary/aromatic N) is 2. The van der Waals surface area contributed by atoms with Gasteiger partial charge >= 0.3 is 0 Å². The van der Waals surface area contributed by atoms with E-state index < -0.39 is 19.7 Å². The minimum atomic E-state index is -4.07. The highest BCUT2D eigenvalue weighted by Gasteiger charge is 2.38. The van der Waals surface area contributed by atoms with Crippen LogP contribution in [0.1, 0.15) is 49.9 Å². The smallest absolute Gasteiger partial charge is 0.206 e. The number of anilines is 6. The van der Waals surface area contributed by atoms with Gasteiger partial charge in [0.15, 0.2) is 0 Å². The van der Waals surface area contributed by atoms with Gasteiger partial charge in [-0.15, -0.1) is 0 Å². The van der Waals surface area contributed by atoms with Crippen LogP contribution >= 0.6 is 0 Å². The van der Waals surface area contributed by atoms with Gasteiger partial charge in [0.25, 0.3) is 0 Å². The van der Waals surface area contributed by atoms with E-state index in [2.05, 4.69) is 86.0 Å². The fourth-order valence-corrected chi connectivity index (χ4v) is 11.2. The zero-order chi connectivity index (χ0) is 39.0. The highest BCUT2D eigenvalue weighted by Crippen LogP contribution is 2.53. The normalized spacial score (nSPS) is 15.3. The second kappa shape index (κ2) is 12.8. The molecule has 8 heteroatoms. The topological polar surface area (TPSA) is 74.8 Å². The molecule has 9 rings (SSSR count). The van der Waals surface area contributed by atoms with E-state index in [4.69, 9.17) is 0 Å². The Balaban J connectivity index is 1.02. The zero-order valence-electron chi connectivity index (χ0n) is 31.5. The van der Waals surface area contributed by atoms with Gasteiger partial charge in [0.05, 0.1) is 42.3 Å². The molecule has 0 spiro atoms. The van der Waals surface area contributed by atoms with Crippen LogP contribution in [0, 0.1) is 0 Å². The van der Waals surface area contributed by atoms with E-state index in [1.807, 2.05) is 48.5 Å². The lowest BCUT2D eigenvalue weighted by Gasteiger charge is -2.42. The third kappa shape index (κ3) is 5.42. The summed E-state index contributed by atoms with van der Waals surface area (Å²) in [5.41, 5.74) is 10.0. The van der Waals surface area contributed by atoms with Crippen molar-refractivity contribution in [2.24, 2.45) is 0 Å². The second-order valence-corrected chi connectivity index (χ2v) is 19.4. The molecule has 0 amide bonds. The molecule has 0 saturated carbocycles. The Bertz CT molecular complexity index is 2610. The predicted octanol–water partition coefficient (Wildman–Crippen LogP) is 11.6. The van der Waals surface area contributed by atoms with E-state index in [0.29, 0.717) is 0 Å². The molecule has 0 fully saturated rings. The summed E-state index contributed by atoms with van der Waals surface area (Å²) in [6.45, 7) is 8.87. The lowest BCUT2D eigenvalue weighted by molar-refractivity contribution is 0.594. The van der Waals surface area contributed by atoms with Crippen LogP contribution in [0.2, 0.25) is 0 Å². The molecule has 7 aromatic carbocycles. The Morgan fingerprint density at radius 2 is 0.625 bits per heavy atom. The van der Waals surface area contributed by atoms with Crippen LogP contribution in [0.4, 0.5) is 34.1 Å². The van der Waals surface area contributed by atoms with E-state index in [0.717, 1.165) is 34.1 Å². The fourth-order valence-electron chi connectivity index (χ4n) is 8.52. The summed E-state index contributed by atoms with van der Waals surface area (Å²) < 4.78 is 56.3. The molecule has 0 radical (unpaired) electrons. The lowest BCUT2D eigenvalue weighted by atomic mass is 9.73. The van der Waals surface area contributed by atoms with Crippen molar-refractivity contribution in [1.29, 1.82) is 0 Å². The number of hydrogen-bond donors (Lipinski definition) is 0. The van der Waals surface area contributed by atoms with Gasteiger partial charge in [0.2, 0.25) is 19.7 Å². The minimum Gasteiger partial charge on any atom is -0.310 e. The molecular weight excluding hydrogens is 733 g/mol. The summed E-state index contributed by atoms with van der Waals surface area (Å²) in [7, 11) is -8.14. The standard InChI is InChI=1S/C48H40N2O4S2/c1-47(2)39-16-5-9-20-43(39)49(44-21-10-6-17-40(44)47)33-24-28-35(29-25-33)55(51,52)37-14-13-15-38(32-37)56(53,54)36-30-26-34(27-31-36)50-45-22-11-7-18-41(45)48(3,4)42-19-8-12-23-46(42)50/h5-32H,1-4H3. The van der Waals surface area contributed by atoms with Crippen LogP contribution in [-0.4, -0.2) is 16.8 Å². The molecule has 2 aliphatic rings. The zero-order valence-corrected chi connectivity index (χ0v) is 33.1. The third-order valence-corrected chi connectivity index (χ3v) is 15.0. The van der Waals surface area contributed by atoms with Gasteiger partial charge in [-0.3, -0.25) is 0 Å². The Morgan fingerprint density at radius 3 is 0.929 bits per heavy atom. The van der Waals surface area contributed by atoms with E-state index in [1.54, 1.807) is 48.5 Å². The van der Waals surface area contributed by atoms with Crippen molar-refractivity contribution >= 4 is 53.8 Å². The van der Waals surface area contributed by atoms with Crippen LogP contribution < -0.4 is 9.80 Å². The maximum atomic E-state index is 14.1. The average molecular weight is 773 g/mol. The molecule has 0 aliphatic carbocycles. The molecule has 278 valence electrons. The van der Waals surface area contributed by atoms with Crippen LogP contribution in [0.3, 0.4) is 0 Å². The summed E-state index contributed by atoms with van der Waals surface area (Å²) in [6, 6.07) is 52.3. The summed E-state index contributed by atoms with van der Waals surface area (Å²) in [6.07, 6.45) is 0. The molecule has 0 unspecified atom stereocenters. The first-order valence-corrected chi connectivity index (χ1v) is 21.6. The van der Waals surface area contributed by atoms with Crippen molar-refractivity contribution < 1.29 is 16.8 Å². The van der Waals surface area contributed by atoms with Crippen molar-refractivity contribution in [2.45, 2.75) is 58.1 Å². The van der Waals surface area contributed by atoms with Crippen LogP contribution in [0.15, 0.2) is 189 Å². The Hall–Kier alpha value is -5.96. The van der Waals surface area contributed by atoms with Gasteiger partial charge in [-0.1, -0.05) is 107 Å². The maximum absolute atomic E-state index is 14.1. The van der Waals surface area contributed by atoms with Crippen molar-refractivity contribution in [3.8, 4) is 0 Å². The molecule has 0 saturated heterocycles. The first-order valence-electron chi connectivity index (χ1n) is 18.6. The molecule has 56 heavy (non-hydrogen) atoms. The van der Waals surface area contributed by atoms with Crippen molar-refractivity contribution in [1.82, 2.24) is 0 Å². The number of fused-ring (bicyclic) bond motifs is 4. The third-order valence-electron chi connectivity index (χ3n) is 11.5. The number of hydrogen-bond acceptors (Lipinski definition) is 6. The molecule has 2 aliphatic heterocycles. The first-order chi connectivity index (χ1) is 26.8. The van der Waals surface area contributed by atoms with E-state index in [-0.39, 0.29) is 30.4 Å². The molecule has 7 aromatic rings. The highest BCUT2D eigenvalue weighted by molar-refractivity contribution is 7.92. The maximum Gasteiger partial charge on any atom is 0.206 e. The molecule has 2 heterocycles. The van der Waals surface area contributed by atoms with Crippen LogP contribution in [0.5, 0.6) is 0 Å². The average Bonchev–Trinajstić information content (AvgIpc) is 3.22. The van der Waals surface area contributed by atoms with Crippen molar-refractivity contribution in [3.63, 3.8) is 0 Å². The van der Waals surface area contributed by atoms with E-state index >= 15 is 0 Å². The molecule has 0 atom stereocenters. The Morgan fingerprint density at radius 1 is 0.339 bits per heavy atom. The molecule has 0 N–H and O–H groups in total. The molecular formula is C48H40N2O4S2. The number of benzene rings is 7. The number of sulfone groups is 2. The van der Waals surface area contributed by atoms with Gasteiger partial charge < -0.3 is 9.80 Å². The molecule has 0 bridgehead atoms. The summed E-state index contributed by atoms with van der Waals surface area (Å²) in [4.78, 5) is 4.28. The largest absolute Gasteiger partial charge is 0.310 e. The number of para-hydroxylation sites is 4. The quantitative estimate of drug-likeness (QED) is 0.168. The Kier molecular flexibility index (Phi) is 8.16. The van der Waals surface area contributed by atoms with E-state index in [9.17, 15) is 16.8 Å². The second-order valence-electron chi connectivity index (χ2n) is 15.5.